The summed E-state index contributed by atoms with van der Waals surface area (Å²) in [5.74, 6) is -0.405. The van der Waals surface area contributed by atoms with Crippen molar-refractivity contribution in [2.24, 2.45) is 0 Å². The van der Waals surface area contributed by atoms with Crippen LogP contribution in [0, 0.1) is 5.82 Å². The molecule has 2 aromatic rings. The highest BCUT2D eigenvalue weighted by Gasteiger charge is 2.18. The topological polar surface area (TPSA) is 44.0 Å². The third-order valence-corrected chi connectivity index (χ3v) is 4.18. The molecule has 0 saturated carbocycles. The van der Waals surface area contributed by atoms with Crippen molar-refractivity contribution in [1.29, 1.82) is 0 Å². The van der Waals surface area contributed by atoms with Crippen molar-refractivity contribution < 1.29 is 4.39 Å². The van der Waals surface area contributed by atoms with Crippen molar-refractivity contribution in [3.63, 3.8) is 0 Å². The van der Waals surface area contributed by atoms with Crippen LogP contribution in [0.2, 0.25) is 0 Å². The van der Waals surface area contributed by atoms with Gasteiger partial charge in [0.25, 0.3) is 5.56 Å². The van der Waals surface area contributed by atoms with E-state index in [2.05, 4.69) is 0 Å². The summed E-state index contributed by atoms with van der Waals surface area (Å²) in [6, 6.07) is 5.46. The second kappa shape index (κ2) is 6.94. The first-order chi connectivity index (χ1) is 10.9. The monoisotopic (exact) mass is 318 g/mol. The first-order valence-electron chi connectivity index (χ1n) is 8.04. The molecular weight excluding hydrogens is 295 g/mol. The SMILES string of the molecule is CCC(CC)n1cc(C(C)C)c(=O)n(-c2ccc(F)cc2)c1=O. The van der Waals surface area contributed by atoms with Crippen molar-refractivity contribution in [2.45, 2.75) is 52.5 Å². The normalized spacial score (nSPS) is 11.4. The van der Waals surface area contributed by atoms with Gasteiger partial charge in [-0.25, -0.2) is 13.8 Å². The highest BCUT2D eigenvalue weighted by molar-refractivity contribution is 5.33. The van der Waals surface area contributed by atoms with Gasteiger partial charge in [-0.05, 0) is 43.0 Å². The zero-order chi connectivity index (χ0) is 17.1. The molecule has 0 bridgehead atoms. The summed E-state index contributed by atoms with van der Waals surface area (Å²) >= 11 is 0. The Hall–Kier alpha value is -2.17. The molecule has 1 heterocycles. The van der Waals surface area contributed by atoms with Gasteiger partial charge in [0.2, 0.25) is 0 Å². The van der Waals surface area contributed by atoms with Crippen molar-refractivity contribution in [1.82, 2.24) is 9.13 Å². The van der Waals surface area contributed by atoms with Crippen molar-refractivity contribution in [3.8, 4) is 5.69 Å². The number of hydrogen-bond acceptors (Lipinski definition) is 2. The lowest BCUT2D eigenvalue weighted by molar-refractivity contribution is 0.438. The molecule has 0 spiro atoms. The lowest BCUT2D eigenvalue weighted by atomic mass is 10.1. The summed E-state index contributed by atoms with van der Waals surface area (Å²) in [5, 5.41) is 0. The fraction of sp³-hybridized carbons (Fsp3) is 0.444. The van der Waals surface area contributed by atoms with Crippen LogP contribution in [0.1, 0.15) is 58.1 Å². The largest absolute Gasteiger partial charge is 0.335 e. The molecule has 0 aliphatic carbocycles. The molecule has 5 heteroatoms. The lowest BCUT2D eigenvalue weighted by Gasteiger charge is -2.20. The van der Waals surface area contributed by atoms with E-state index in [-0.39, 0.29) is 23.2 Å². The van der Waals surface area contributed by atoms with Gasteiger partial charge in [-0.15, -0.1) is 0 Å². The van der Waals surface area contributed by atoms with E-state index in [1.165, 1.54) is 24.3 Å². The van der Waals surface area contributed by atoms with Crippen LogP contribution in [0.3, 0.4) is 0 Å². The molecule has 2 rings (SSSR count). The molecule has 0 saturated heterocycles. The van der Waals surface area contributed by atoms with E-state index in [1.54, 1.807) is 10.8 Å². The highest BCUT2D eigenvalue weighted by atomic mass is 19.1. The van der Waals surface area contributed by atoms with E-state index in [1.807, 2.05) is 27.7 Å². The van der Waals surface area contributed by atoms with Crippen LogP contribution in [0.15, 0.2) is 40.1 Å². The maximum absolute atomic E-state index is 13.2. The number of nitrogens with zero attached hydrogens (tertiary/aromatic N) is 2. The van der Waals surface area contributed by atoms with E-state index in [4.69, 9.17) is 0 Å². The van der Waals surface area contributed by atoms with E-state index in [0.717, 1.165) is 17.4 Å². The van der Waals surface area contributed by atoms with E-state index in [0.29, 0.717) is 11.3 Å². The zero-order valence-corrected chi connectivity index (χ0v) is 14.0. The van der Waals surface area contributed by atoms with Crippen LogP contribution < -0.4 is 11.2 Å². The molecule has 0 N–H and O–H groups in total. The second-order valence-electron chi connectivity index (χ2n) is 6.02. The van der Waals surface area contributed by atoms with Gasteiger partial charge in [-0.1, -0.05) is 27.7 Å². The first kappa shape index (κ1) is 17.2. The smallest absolute Gasteiger partial charge is 0.297 e. The zero-order valence-electron chi connectivity index (χ0n) is 14.0. The Balaban J connectivity index is 2.81. The Kier molecular flexibility index (Phi) is 5.19. The van der Waals surface area contributed by atoms with Gasteiger partial charge in [0.1, 0.15) is 5.82 Å². The highest BCUT2D eigenvalue weighted by Crippen LogP contribution is 2.16. The number of benzene rings is 1. The van der Waals surface area contributed by atoms with Crippen LogP contribution in [0.4, 0.5) is 4.39 Å². The summed E-state index contributed by atoms with van der Waals surface area (Å²) in [5.41, 5.74) is 0.267. The molecular formula is C18H23FN2O2. The van der Waals surface area contributed by atoms with E-state index < -0.39 is 5.82 Å². The second-order valence-corrected chi connectivity index (χ2v) is 6.02. The molecule has 0 amide bonds. The van der Waals surface area contributed by atoms with E-state index >= 15 is 0 Å². The average molecular weight is 318 g/mol. The third-order valence-electron chi connectivity index (χ3n) is 4.18. The minimum absolute atomic E-state index is 0.00425. The molecule has 0 aliphatic rings. The van der Waals surface area contributed by atoms with Crippen LogP contribution >= 0.6 is 0 Å². The van der Waals surface area contributed by atoms with Crippen molar-refractivity contribution >= 4 is 0 Å². The maximum Gasteiger partial charge on any atom is 0.335 e. The van der Waals surface area contributed by atoms with Gasteiger partial charge in [0.15, 0.2) is 0 Å². The number of rotatable bonds is 5. The van der Waals surface area contributed by atoms with Gasteiger partial charge in [-0.3, -0.25) is 9.36 Å². The molecule has 0 fully saturated rings. The Labute approximate surface area is 135 Å². The fourth-order valence-electron chi connectivity index (χ4n) is 2.75. The Bertz CT molecular complexity index is 784. The summed E-state index contributed by atoms with van der Waals surface area (Å²) < 4.78 is 15.9. The van der Waals surface area contributed by atoms with Crippen LogP contribution in [-0.2, 0) is 0 Å². The Morgan fingerprint density at radius 2 is 1.61 bits per heavy atom. The molecule has 0 radical (unpaired) electrons. The molecule has 1 aromatic carbocycles. The summed E-state index contributed by atoms with van der Waals surface area (Å²) in [6.45, 7) is 7.88. The predicted octanol–water partition coefficient (Wildman–Crippen LogP) is 3.62. The van der Waals surface area contributed by atoms with E-state index in [9.17, 15) is 14.0 Å². The van der Waals surface area contributed by atoms with Crippen molar-refractivity contribution in [3.05, 3.63) is 62.7 Å². The average Bonchev–Trinajstić information content (AvgIpc) is 2.52. The minimum Gasteiger partial charge on any atom is -0.297 e. The molecule has 1 aromatic heterocycles. The lowest BCUT2D eigenvalue weighted by Crippen LogP contribution is -2.41. The standard InChI is InChI=1S/C18H23FN2O2/c1-5-14(6-2)20-11-16(12(3)4)17(22)21(18(20)23)15-9-7-13(19)8-10-15/h7-12,14H,5-6H2,1-4H3. The molecule has 23 heavy (non-hydrogen) atoms. The van der Waals surface area contributed by atoms with Gasteiger partial charge in [0, 0.05) is 17.8 Å². The minimum atomic E-state index is -0.401. The first-order valence-corrected chi connectivity index (χ1v) is 8.04. The molecule has 0 aliphatic heterocycles. The van der Waals surface area contributed by atoms with Gasteiger partial charge >= 0.3 is 5.69 Å². The van der Waals surface area contributed by atoms with Crippen LogP contribution in [-0.4, -0.2) is 9.13 Å². The van der Waals surface area contributed by atoms with Gasteiger partial charge < -0.3 is 0 Å². The number of halogens is 1. The maximum atomic E-state index is 13.2. The number of hydrogen-bond donors (Lipinski definition) is 0. The van der Waals surface area contributed by atoms with Crippen LogP contribution in [0.25, 0.3) is 5.69 Å². The number of aromatic nitrogens is 2. The third kappa shape index (κ3) is 3.28. The molecule has 0 atom stereocenters. The van der Waals surface area contributed by atoms with Crippen LogP contribution in [0.5, 0.6) is 0 Å². The molecule has 0 unspecified atom stereocenters. The summed E-state index contributed by atoms with van der Waals surface area (Å²) in [7, 11) is 0. The Morgan fingerprint density at radius 1 is 1.04 bits per heavy atom. The van der Waals surface area contributed by atoms with Gasteiger partial charge in [0.05, 0.1) is 5.69 Å². The summed E-state index contributed by atoms with van der Waals surface area (Å²) in [4.78, 5) is 25.6. The molecule has 124 valence electrons. The molecule has 4 nitrogen and oxygen atoms in total. The van der Waals surface area contributed by atoms with Crippen molar-refractivity contribution in [2.75, 3.05) is 0 Å². The summed E-state index contributed by atoms with van der Waals surface area (Å²) in [6.07, 6.45) is 3.29. The van der Waals surface area contributed by atoms with Gasteiger partial charge in [-0.2, -0.15) is 0 Å². The fourth-order valence-corrected chi connectivity index (χ4v) is 2.75. The predicted molar refractivity (Wildman–Crippen MR) is 90.0 cm³/mol. The Morgan fingerprint density at radius 3 is 2.09 bits per heavy atom. The quantitative estimate of drug-likeness (QED) is 0.845.